The number of halogens is 3. The van der Waals surface area contributed by atoms with Gasteiger partial charge in [-0.2, -0.15) is 13.2 Å². The van der Waals surface area contributed by atoms with Crippen molar-refractivity contribution in [2.24, 2.45) is 0 Å². The average Bonchev–Trinajstić information content (AvgIpc) is 3.19. The number of rotatable bonds is 3. The summed E-state index contributed by atoms with van der Waals surface area (Å²) in [6, 6.07) is 5.14. The third kappa shape index (κ3) is 5.20. The number of carbonyl (C=O) groups is 2. The van der Waals surface area contributed by atoms with Crippen LogP contribution in [-0.4, -0.2) is 43.0 Å². The number of hydrogen-bond acceptors (Lipinski definition) is 5. The summed E-state index contributed by atoms with van der Waals surface area (Å²) in [7, 11) is 0. The van der Waals surface area contributed by atoms with Crippen molar-refractivity contribution in [1.29, 1.82) is 0 Å². The Labute approximate surface area is 184 Å². The molecule has 1 aromatic carbocycles. The first kappa shape index (κ1) is 21.7. The average molecular weight is 467 g/mol. The van der Waals surface area contributed by atoms with E-state index >= 15 is 0 Å². The third-order valence-electron chi connectivity index (χ3n) is 4.65. The Balaban J connectivity index is 1.46. The van der Waals surface area contributed by atoms with Crippen LogP contribution in [0.5, 0.6) is 0 Å². The van der Waals surface area contributed by atoms with Gasteiger partial charge in [-0.1, -0.05) is 11.8 Å². The topological polar surface area (TPSA) is 58.6 Å². The highest BCUT2D eigenvalue weighted by Crippen LogP contribution is 2.42. The molecule has 1 saturated heterocycles. The molecule has 4 rings (SSSR count). The van der Waals surface area contributed by atoms with Gasteiger partial charge in [0.1, 0.15) is 0 Å². The van der Waals surface area contributed by atoms with Crippen molar-refractivity contribution in [2.75, 3.05) is 31.6 Å². The molecule has 2 aliphatic heterocycles. The lowest BCUT2D eigenvalue weighted by Gasteiger charge is -2.25. The molecule has 1 aromatic heterocycles. The van der Waals surface area contributed by atoms with Gasteiger partial charge in [-0.25, -0.2) is 0 Å². The number of fused-ring (bicyclic) bond motifs is 1. The number of benzene rings is 1. The molecule has 2 aliphatic rings. The predicted octanol–water partition coefficient (Wildman–Crippen LogP) is 4.72. The molecule has 1 N–H and O–H groups in total. The van der Waals surface area contributed by atoms with Crippen molar-refractivity contribution in [3.05, 3.63) is 56.6 Å². The van der Waals surface area contributed by atoms with E-state index in [9.17, 15) is 22.8 Å². The van der Waals surface area contributed by atoms with Crippen LogP contribution in [0.1, 0.15) is 16.0 Å². The minimum Gasteiger partial charge on any atom is -0.378 e. The molecule has 162 valence electrons. The fourth-order valence-electron chi connectivity index (χ4n) is 3.05. The van der Waals surface area contributed by atoms with E-state index in [0.717, 1.165) is 34.3 Å². The number of hydrogen-bond donors (Lipinski definition) is 1. The summed E-state index contributed by atoms with van der Waals surface area (Å²) < 4.78 is 43.9. The second-order valence-electron chi connectivity index (χ2n) is 6.83. The summed E-state index contributed by atoms with van der Waals surface area (Å²) in [6.45, 7) is 2.22. The number of thioether (sulfide) groups is 1. The van der Waals surface area contributed by atoms with E-state index < -0.39 is 17.6 Å². The van der Waals surface area contributed by atoms with E-state index in [2.05, 4.69) is 5.32 Å². The SMILES string of the molecule is O=C1Nc2cc(C(F)(F)F)ccc2S/C1=C/c1cc(/C=C/C(=O)N2CCOCC2)cs1. The minimum absolute atomic E-state index is 0.0774. The molecule has 0 radical (unpaired) electrons. The summed E-state index contributed by atoms with van der Waals surface area (Å²) in [5.41, 5.74) is 0.175. The first-order valence-corrected chi connectivity index (χ1v) is 11.0. The lowest BCUT2D eigenvalue weighted by atomic mass is 10.2. The highest BCUT2D eigenvalue weighted by atomic mass is 32.2. The van der Waals surface area contributed by atoms with E-state index in [0.29, 0.717) is 36.1 Å². The van der Waals surface area contributed by atoms with Gasteiger partial charge in [0.05, 0.1) is 29.4 Å². The van der Waals surface area contributed by atoms with Crippen LogP contribution in [0, 0.1) is 0 Å². The van der Waals surface area contributed by atoms with E-state index in [1.165, 1.54) is 23.5 Å². The zero-order valence-electron chi connectivity index (χ0n) is 16.1. The fraction of sp³-hybridized carbons (Fsp3) is 0.238. The van der Waals surface area contributed by atoms with E-state index in [-0.39, 0.29) is 11.6 Å². The standard InChI is InChI=1S/C21H17F3N2O3S2/c22-21(23,24)14-2-3-17-16(10-14)25-20(28)18(31-17)11-15-9-13(12-30-15)1-4-19(27)26-5-7-29-8-6-26/h1-4,9-12H,5-8H2,(H,25,28)/b4-1+,18-11+. The molecule has 2 amide bonds. The second kappa shape index (κ2) is 8.89. The van der Waals surface area contributed by atoms with Gasteiger partial charge in [-0.3, -0.25) is 9.59 Å². The fourth-order valence-corrected chi connectivity index (χ4v) is 4.86. The quantitative estimate of drug-likeness (QED) is 0.665. The van der Waals surface area contributed by atoms with Crippen molar-refractivity contribution < 1.29 is 27.5 Å². The summed E-state index contributed by atoms with van der Waals surface area (Å²) in [4.78, 5) is 28.0. The Bertz CT molecular complexity index is 1070. The van der Waals surface area contributed by atoms with Gasteiger partial charge in [0.25, 0.3) is 5.91 Å². The smallest absolute Gasteiger partial charge is 0.378 e. The zero-order chi connectivity index (χ0) is 22.0. The minimum atomic E-state index is -4.47. The summed E-state index contributed by atoms with van der Waals surface area (Å²) in [6.07, 6.45) is 0.455. The number of carbonyl (C=O) groups excluding carboxylic acids is 2. The van der Waals surface area contributed by atoms with Gasteiger partial charge in [0.2, 0.25) is 5.91 Å². The molecule has 0 saturated carbocycles. The molecule has 1 fully saturated rings. The summed E-state index contributed by atoms with van der Waals surface area (Å²) in [5, 5.41) is 4.39. The molecule has 0 bridgehead atoms. The van der Waals surface area contributed by atoms with Crippen molar-refractivity contribution in [3.8, 4) is 0 Å². The molecular formula is C21H17F3N2O3S2. The third-order valence-corrected chi connectivity index (χ3v) is 6.65. The number of ether oxygens (including phenoxy) is 1. The number of alkyl halides is 3. The van der Waals surface area contributed by atoms with Crippen LogP contribution in [0.3, 0.4) is 0 Å². The maximum Gasteiger partial charge on any atom is 0.416 e. The van der Waals surface area contributed by atoms with Crippen molar-refractivity contribution in [3.63, 3.8) is 0 Å². The highest BCUT2D eigenvalue weighted by molar-refractivity contribution is 8.04. The van der Waals surface area contributed by atoms with Crippen molar-refractivity contribution >= 4 is 52.8 Å². The largest absolute Gasteiger partial charge is 0.416 e. The maximum absolute atomic E-state index is 12.9. The van der Waals surface area contributed by atoms with Gasteiger partial charge >= 0.3 is 6.18 Å². The number of nitrogens with one attached hydrogen (secondary N) is 1. The second-order valence-corrected chi connectivity index (χ2v) is 8.85. The van der Waals surface area contributed by atoms with Gasteiger partial charge in [-0.05, 0) is 47.4 Å². The Hall–Kier alpha value is -2.56. The summed E-state index contributed by atoms with van der Waals surface area (Å²) >= 11 is 2.53. The molecule has 5 nitrogen and oxygen atoms in total. The monoisotopic (exact) mass is 466 g/mol. The maximum atomic E-state index is 12.9. The number of nitrogens with zero attached hydrogens (tertiary/aromatic N) is 1. The predicted molar refractivity (Wildman–Crippen MR) is 115 cm³/mol. The first-order chi connectivity index (χ1) is 14.8. The molecule has 3 heterocycles. The van der Waals surface area contributed by atoms with Crippen LogP contribution in [0.4, 0.5) is 18.9 Å². The van der Waals surface area contributed by atoms with Gasteiger partial charge < -0.3 is 15.0 Å². The Morgan fingerprint density at radius 1 is 1.19 bits per heavy atom. The zero-order valence-corrected chi connectivity index (χ0v) is 17.7. The van der Waals surface area contributed by atoms with Crippen molar-refractivity contribution in [1.82, 2.24) is 4.90 Å². The van der Waals surface area contributed by atoms with E-state index in [4.69, 9.17) is 4.74 Å². The molecule has 31 heavy (non-hydrogen) atoms. The number of amides is 2. The van der Waals surface area contributed by atoms with Crippen LogP contribution in [0.2, 0.25) is 0 Å². The van der Waals surface area contributed by atoms with Crippen LogP contribution in [-0.2, 0) is 20.5 Å². The molecule has 10 heteroatoms. The molecule has 0 aliphatic carbocycles. The Morgan fingerprint density at radius 3 is 2.71 bits per heavy atom. The molecule has 0 unspecified atom stereocenters. The molecular weight excluding hydrogens is 449 g/mol. The Kier molecular flexibility index (Phi) is 6.22. The highest BCUT2D eigenvalue weighted by Gasteiger charge is 2.32. The van der Waals surface area contributed by atoms with Gasteiger partial charge in [-0.15, -0.1) is 11.3 Å². The molecule has 0 atom stereocenters. The Morgan fingerprint density at radius 2 is 1.97 bits per heavy atom. The van der Waals surface area contributed by atoms with E-state index in [1.807, 2.05) is 11.4 Å². The van der Waals surface area contributed by atoms with Crippen LogP contribution >= 0.6 is 23.1 Å². The summed E-state index contributed by atoms with van der Waals surface area (Å²) in [5.74, 6) is -0.531. The number of thiophene rings is 1. The van der Waals surface area contributed by atoms with Crippen molar-refractivity contribution in [2.45, 2.75) is 11.1 Å². The molecule has 0 spiro atoms. The first-order valence-electron chi connectivity index (χ1n) is 9.35. The molecule has 2 aromatic rings. The lowest BCUT2D eigenvalue weighted by molar-refractivity contribution is -0.137. The lowest BCUT2D eigenvalue weighted by Crippen LogP contribution is -2.39. The van der Waals surface area contributed by atoms with Crippen LogP contribution in [0.25, 0.3) is 12.2 Å². The normalized spacial score (nSPS) is 18.4. The van der Waals surface area contributed by atoms with E-state index in [1.54, 1.807) is 17.1 Å². The van der Waals surface area contributed by atoms with Crippen LogP contribution in [0.15, 0.2) is 45.5 Å². The van der Waals surface area contributed by atoms with Crippen LogP contribution < -0.4 is 5.32 Å². The number of anilines is 1. The van der Waals surface area contributed by atoms with Gasteiger partial charge in [0, 0.05) is 28.9 Å². The van der Waals surface area contributed by atoms with Gasteiger partial charge in [0.15, 0.2) is 0 Å². The number of morpholine rings is 1.